The van der Waals surface area contributed by atoms with Gasteiger partial charge < -0.3 is 4.74 Å². The van der Waals surface area contributed by atoms with Gasteiger partial charge in [-0.2, -0.15) is 0 Å². The quantitative estimate of drug-likeness (QED) is 0.658. The Morgan fingerprint density at radius 2 is 2.29 bits per heavy atom. The molecule has 0 aliphatic rings. The standard InChI is InChI=1S/C13H13O/c1-5-10(3)12-9-7-8-11(6-2)13(12)14-4/h2,5,7-9H,1H2,3-4H3. The summed E-state index contributed by atoms with van der Waals surface area (Å²) in [6, 6.07) is 5.75. The number of hydrogen-bond donors (Lipinski definition) is 0. The van der Waals surface area contributed by atoms with Crippen LogP contribution < -0.4 is 4.74 Å². The van der Waals surface area contributed by atoms with Gasteiger partial charge in [-0.15, -0.1) is 13.0 Å². The fourth-order valence-electron chi connectivity index (χ4n) is 1.29. The SMILES string of the molecule is C#Cc1cccc([C](C)C=C)c1OC. The number of terminal acetylenes is 1. The Balaban J connectivity index is 3.30. The summed E-state index contributed by atoms with van der Waals surface area (Å²) < 4.78 is 5.28. The van der Waals surface area contributed by atoms with E-state index in [4.69, 9.17) is 11.2 Å². The van der Waals surface area contributed by atoms with Gasteiger partial charge in [-0.1, -0.05) is 31.1 Å². The molecule has 0 aliphatic carbocycles. The van der Waals surface area contributed by atoms with Gasteiger partial charge in [0.1, 0.15) is 5.75 Å². The van der Waals surface area contributed by atoms with Crippen molar-refractivity contribution < 1.29 is 4.74 Å². The zero-order valence-electron chi connectivity index (χ0n) is 8.50. The summed E-state index contributed by atoms with van der Waals surface area (Å²) in [7, 11) is 1.62. The highest BCUT2D eigenvalue weighted by molar-refractivity contribution is 5.55. The highest BCUT2D eigenvalue weighted by atomic mass is 16.5. The van der Waals surface area contributed by atoms with E-state index in [1.54, 1.807) is 13.2 Å². The number of rotatable bonds is 3. The van der Waals surface area contributed by atoms with Gasteiger partial charge in [-0.25, -0.2) is 0 Å². The number of para-hydroxylation sites is 1. The molecule has 0 amide bonds. The van der Waals surface area contributed by atoms with Crippen molar-refractivity contribution in [3.8, 4) is 18.1 Å². The minimum Gasteiger partial charge on any atom is -0.495 e. The van der Waals surface area contributed by atoms with Gasteiger partial charge in [0, 0.05) is 11.5 Å². The molecule has 0 aliphatic heterocycles. The van der Waals surface area contributed by atoms with Crippen LogP contribution in [0.15, 0.2) is 30.9 Å². The summed E-state index contributed by atoms with van der Waals surface area (Å²) >= 11 is 0. The molecule has 1 aromatic carbocycles. The Hall–Kier alpha value is -1.68. The average Bonchev–Trinajstić information content (AvgIpc) is 2.26. The van der Waals surface area contributed by atoms with Crippen LogP contribution in [0, 0.1) is 18.3 Å². The third-order valence-corrected chi connectivity index (χ3v) is 2.11. The molecule has 0 saturated carbocycles. The van der Waals surface area contributed by atoms with Crippen molar-refractivity contribution in [3.05, 3.63) is 47.9 Å². The predicted octanol–water partition coefficient (Wildman–Crippen LogP) is 2.80. The fraction of sp³-hybridized carbons (Fsp3) is 0.154. The zero-order chi connectivity index (χ0) is 10.6. The van der Waals surface area contributed by atoms with Gasteiger partial charge in [0.2, 0.25) is 0 Å². The van der Waals surface area contributed by atoms with Crippen LogP contribution in [0.3, 0.4) is 0 Å². The van der Waals surface area contributed by atoms with E-state index in [1.807, 2.05) is 25.1 Å². The molecule has 0 fully saturated rings. The first-order chi connectivity index (χ1) is 6.74. The largest absolute Gasteiger partial charge is 0.495 e. The summed E-state index contributed by atoms with van der Waals surface area (Å²) in [6.45, 7) is 5.70. The summed E-state index contributed by atoms with van der Waals surface area (Å²) in [4.78, 5) is 0. The van der Waals surface area contributed by atoms with Crippen LogP contribution in [0.1, 0.15) is 18.1 Å². The van der Waals surface area contributed by atoms with Crippen LogP contribution in [-0.4, -0.2) is 7.11 Å². The molecule has 14 heavy (non-hydrogen) atoms. The van der Waals surface area contributed by atoms with Gasteiger partial charge >= 0.3 is 0 Å². The molecule has 1 aromatic rings. The van der Waals surface area contributed by atoms with E-state index in [1.165, 1.54) is 0 Å². The van der Waals surface area contributed by atoms with Crippen molar-refractivity contribution in [1.29, 1.82) is 0 Å². The highest BCUT2D eigenvalue weighted by Crippen LogP contribution is 2.29. The molecular formula is C13H13O. The lowest BCUT2D eigenvalue weighted by atomic mass is 9.98. The molecule has 1 heteroatoms. The van der Waals surface area contributed by atoms with Crippen LogP contribution >= 0.6 is 0 Å². The smallest absolute Gasteiger partial charge is 0.138 e. The van der Waals surface area contributed by atoms with Gasteiger partial charge in [0.15, 0.2) is 0 Å². The molecule has 0 N–H and O–H groups in total. The topological polar surface area (TPSA) is 9.23 Å². The Bertz CT molecular complexity index is 371. The van der Waals surface area contributed by atoms with Gasteiger partial charge in [0.25, 0.3) is 0 Å². The second-order valence-electron chi connectivity index (χ2n) is 2.92. The van der Waals surface area contributed by atoms with Crippen LogP contribution in [0.25, 0.3) is 0 Å². The molecular weight excluding hydrogens is 172 g/mol. The molecule has 1 nitrogen and oxygen atoms in total. The Labute approximate surface area is 85.4 Å². The molecule has 0 aromatic heterocycles. The average molecular weight is 185 g/mol. The molecule has 0 atom stereocenters. The van der Waals surface area contributed by atoms with Gasteiger partial charge in [-0.3, -0.25) is 0 Å². The second-order valence-corrected chi connectivity index (χ2v) is 2.92. The summed E-state index contributed by atoms with van der Waals surface area (Å²) in [5.41, 5.74) is 1.77. The second kappa shape index (κ2) is 4.53. The van der Waals surface area contributed by atoms with Crippen molar-refractivity contribution in [2.75, 3.05) is 7.11 Å². The number of methoxy groups -OCH3 is 1. The molecule has 0 saturated heterocycles. The maximum absolute atomic E-state index is 5.37. The third-order valence-electron chi connectivity index (χ3n) is 2.11. The summed E-state index contributed by atoms with van der Waals surface area (Å²) in [6.07, 6.45) is 7.16. The minimum atomic E-state index is 0.743. The van der Waals surface area contributed by atoms with E-state index < -0.39 is 0 Å². The Kier molecular flexibility index (Phi) is 3.36. The lowest BCUT2D eigenvalue weighted by molar-refractivity contribution is 0.410. The summed E-state index contributed by atoms with van der Waals surface area (Å²) in [5.74, 6) is 4.39. The van der Waals surface area contributed by atoms with Crippen molar-refractivity contribution >= 4 is 0 Å². The third kappa shape index (κ3) is 1.80. The van der Waals surface area contributed by atoms with Crippen LogP contribution in [0.5, 0.6) is 5.75 Å². The first-order valence-corrected chi connectivity index (χ1v) is 4.34. The van der Waals surface area contributed by atoms with Gasteiger partial charge in [-0.05, 0) is 6.07 Å². The van der Waals surface area contributed by atoms with Gasteiger partial charge in [0.05, 0.1) is 12.7 Å². The van der Waals surface area contributed by atoms with Crippen molar-refractivity contribution in [1.82, 2.24) is 0 Å². The van der Waals surface area contributed by atoms with Crippen LogP contribution in [-0.2, 0) is 0 Å². The van der Waals surface area contributed by atoms with E-state index in [9.17, 15) is 0 Å². The number of hydrogen-bond acceptors (Lipinski definition) is 1. The monoisotopic (exact) mass is 185 g/mol. The highest BCUT2D eigenvalue weighted by Gasteiger charge is 2.11. The Morgan fingerprint density at radius 3 is 2.79 bits per heavy atom. The van der Waals surface area contributed by atoms with Crippen molar-refractivity contribution in [2.24, 2.45) is 0 Å². The number of benzene rings is 1. The van der Waals surface area contributed by atoms with E-state index >= 15 is 0 Å². The maximum Gasteiger partial charge on any atom is 0.138 e. The molecule has 0 heterocycles. The van der Waals surface area contributed by atoms with E-state index in [0.717, 1.165) is 22.8 Å². The molecule has 0 spiro atoms. The first-order valence-electron chi connectivity index (χ1n) is 4.34. The van der Waals surface area contributed by atoms with Crippen molar-refractivity contribution in [3.63, 3.8) is 0 Å². The van der Waals surface area contributed by atoms with Crippen LogP contribution in [0.2, 0.25) is 0 Å². The summed E-state index contributed by atoms with van der Waals surface area (Å²) in [5, 5.41) is 0. The molecule has 1 radical (unpaired) electrons. The fourth-order valence-corrected chi connectivity index (χ4v) is 1.29. The van der Waals surface area contributed by atoms with E-state index in [-0.39, 0.29) is 0 Å². The predicted molar refractivity (Wildman–Crippen MR) is 59.1 cm³/mol. The molecule has 0 unspecified atom stereocenters. The molecule has 1 rings (SSSR count). The normalized spacial score (nSPS) is 9.57. The number of ether oxygens (including phenoxy) is 1. The lowest BCUT2D eigenvalue weighted by Crippen LogP contribution is -1.97. The number of allylic oxidation sites excluding steroid dienone is 1. The van der Waals surface area contributed by atoms with Crippen LogP contribution in [0.4, 0.5) is 0 Å². The lowest BCUT2D eigenvalue weighted by Gasteiger charge is -2.12. The van der Waals surface area contributed by atoms with E-state index in [0.29, 0.717) is 0 Å². The van der Waals surface area contributed by atoms with E-state index in [2.05, 4.69) is 12.5 Å². The van der Waals surface area contributed by atoms with Crippen molar-refractivity contribution in [2.45, 2.75) is 6.92 Å². The minimum absolute atomic E-state index is 0.743. The zero-order valence-corrected chi connectivity index (χ0v) is 8.50. The maximum atomic E-state index is 5.37. The first kappa shape index (κ1) is 10.4. The molecule has 71 valence electrons. The Morgan fingerprint density at radius 1 is 1.57 bits per heavy atom. The molecule has 0 bridgehead atoms.